The van der Waals surface area contributed by atoms with E-state index in [1.807, 2.05) is 25.1 Å². The highest BCUT2D eigenvalue weighted by molar-refractivity contribution is 6.30. The lowest BCUT2D eigenvalue weighted by molar-refractivity contribution is -0.112. The van der Waals surface area contributed by atoms with E-state index in [0.29, 0.717) is 27.6 Å². The molecule has 0 fully saturated rings. The number of aryl methyl sites for hydroxylation is 1. The van der Waals surface area contributed by atoms with Crippen molar-refractivity contribution in [3.8, 4) is 11.8 Å². The summed E-state index contributed by atoms with van der Waals surface area (Å²) >= 11 is 6.10. The molecule has 0 unspecified atom stereocenters. The molecule has 31 heavy (non-hydrogen) atoms. The molecule has 0 aliphatic carbocycles. The van der Waals surface area contributed by atoms with Crippen LogP contribution in [0.3, 0.4) is 0 Å². The van der Waals surface area contributed by atoms with Gasteiger partial charge in [-0.3, -0.25) is 4.79 Å². The van der Waals surface area contributed by atoms with Crippen LogP contribution < -0.4 is 10.1 Å². The van der Waals surface area contributed by atoms with Gasteiger partial charge in [-0.1, -0.05) is 42.8 Å². The number of amides is 1. The second kappa shape index (κ2) is 10.4. The first-order valence-electron chi connectivity index (χ1n) is 9.67. The molecule has 0 aliphatic heterocycles. The number of nitrogens with zero attached hydrogens (tertiary/aromatic N) is 1. The first kappa shape index (κ1) is 22.1. The van der Waals surface area contributed by atoms with Gasteiger partial charge >= 0.3 is 0 Å². The van der Waals surface area contributed by atoms with Crippen molar-refractivity contribution in [2.24, 2.45) is 0 Å². The molecule has 4 nitrogen and oxygen atoms in total. The van der Waals surface area contributed by atoms with Crippen molar-refractivity contribution in [1.82, 2.24) is 0 Å². The van der Waals surface area contributed by atoms with Crippen LogP contribution in [0.15, 0.2) is 72.3 Å². The number of halogens is 2. The molecule has 0 bridgehead atoms. The number of rotatable bonds is 7. The molecule has 0 spiro atoms. The normalized spacial score (nSPS) is 11.0. The summed E-state index contributed by atoms with van der Waals surface area (Å²) in [5.41, 5.74) is 2.76. The molecule has 0 radical (unpaired) electrons. The molecule has 0 saturated heterocycles. The van der Waals surface area contributed by atoms with Crippen molar-refractivity contribution in [2.75, 3.05) is 5.32 Å². The van der Waals surface area contributed by atoms with Gasteiger partial charge in [-0.15, -0.1) is 0 Å². The average Bonchev–Trinajstić information content (AvgIpc) is 2.77. The lowest BCUT2D eigenvalue weighted by Crippen LogP contribution is -2.13. The van der Waals surface area contributed by atoms with Gasteiger partial charge in [-0.05, 0) is 66.1 Å². The van der Waals surface area contributed by atoms with Crippen molar-refractivity contribution in [2.45, 2.75) is 20.0 Å². The summed E-state index contributed by atoms with van der Waals surface area (Å²) in [6.45, 7) is 2.17. The maximum Gasteiger partial charge on any atom is 0.266 e. The molecule has 0 atom stereocenters. The molecule has 156 valence electrons. The van der Waals surface area contributed by atoms with Gasteiger partial charge in [0.05, 0.1) is 0 Å². The zero-order valence-corrected chi connectivity index (χ0v) is 17.6. The Morgan fingerprint density at radius 1 is 1.13 bits per heavy atom. The average molecular weight is 435 g/mol. The van der Waals surface area contributed by atoms with E-state index in [-0.39, 0.29) is 18.0 Å². The van der Waals surface area contributed by atoms with Gasteiger partial charge in [0.1, 0.15) is 29.8 Å². The molecule has 0 saturated carbocycles. The number of ether oxygens (including phenoxy) is 1. The molecule has 3 aromatic carbocycles. The Bertz CT molecular complexity index is 1150. The molecule has 0 heterocycles. The minimum atomic E-state index is -0.539. The van der Waals surface area contributed by atoms with E-state index in [1.54, 1.807) is 42.5 Å². The van der Waals surface area contributed by atoms with Gasteiger partial charge in [-0.25, -0.2) is 4.39 Å². The largest absolute Gasteiger partial charge is 0.488 e. The summed E-state index contributed by atoms with van der Waals surface area (Å²) in [5.74, 6) is -0.475. The number of carbonyl (C=O) groups is 1. The Kier molecular flexibility index (Phi) is 7.42. The predicted molar refractivity (Wildman–Crippen MR) is 120 cm³/mol. The third kappa shape index (κ3) is 6.18. The first-order chi connectivity index (χ1) is 15.0. The molecular weight excluding hydrogens is 415 g/mol. The van der Waals surface area contributed by atoms with Crippen molar-refractivity contribution < 1.29 is 13.9 Å². The molecular formula is C25H20ClFN2O2. The van der Waals surface area contributed by atoms with Crippen molar-refractivity contribution in [3.05, 3.63) is 99.8 Å². The van der Waals surface area contributed by atoms with Gasteiger partial charge in [0, 0.05) is 16.3 Å². The summed E-state index contributed by atoms with van der Waals surface area (Å²) < 4.78 is 19.2. The molecule has 6 heteroatoms. The van der Waals surface area contributed by atoms with Crippen LogP contribution in [-0.2, 0) is 17.8 Å². The maximum atomic E-state index is 13.4. The summed E-state index contributed by atoms with van der Waals surface area (Å²) in [6, 6.07) is 20.3. The standard InChI is InChI=1S/C25H20ClFN2O2/c1-2-17-6-9-23(10-7-17)29-25(30)20(15-28)13-19-14-21(26)8-11-24(19)31-16-18-4-3-5-22(27)12-18/h3-14H,2,16H2,1H3,(H,29,30)/b20-13+. The van der Waals surface area contributed by atoms with E-state index < -0.39 is 5.91 Å². The Labute approximate surface area is 185 Å². The molecule has 1 amide bonds. The van der Waals surface area contributed by atoms with Crippen LogP contribution in [0, 0.1) is 17.1 Å². The number of carbonyl (C=O) groups excluding carboxylic acids is 1. The third-order valence-electron chi connectivity index (χ3n) is 4.54. The van der Waals surface area contributed by atoms with Crippen LogP contribution in [-0.4, -0.2) is 5.91 Å². The highest BCUT2D eigenvalue weighted by Crippen LogP contribution is 2.26. The number of hydrogen-bond donors (Lipinski definition) is 1. The van der Waals surface area contributed by atoms with Crippen LogP contribution in [0.1, 0.15) is 23.6 Å². The number of benzene rings is 3. The zero-order valence-electron chi connectivity index (χ0n) is 16.9. The fraction of sp³-hybridized carbons (Fsp3) is 0.120. The zero-order chi connectivity index (χ0) is 22.2. The molecule has 3 aromatic rings. The van der Waals surface area contributed by atoms with Crippen LogP contribution in [0.4, 0.5) is 10.1 Å². The van der Waals surface area contributed by atoms with Gasteiger partial charge in [-0.2, -0.15) is 5.26 Å². The van der Waals surface area contributed by atoms with E-state index in [2.05, 4.69) is 5.32 Å². The van der Waals surface area contributed by atoms with E-state index in [1.165, 1.54) is 18.2 Å². The summed E-state index contributed by atoms with van der Waals surface area (Å²) in [5, 5.41) is 12.7. The fourth-order valence-electron chi connectivity index (χ4n) is 2.88. The van der Waals surface area contributed by atoms with Crippen LogP contribution in [0.2, 0.25) is 5.02 Å². The Morgan fingerprint density at radius 3 is 2.58 bits per heavy atom. The predicted octanol–water partition coefficient (Wildman–Crippen LogP) is 6.17. The summed E-state index contributed by atoms with van der Waals surface area (Å²) in [7, 11) is 0. The van der Waals surface area contributed by atoms with E-state index in [0.717, 1.165) is 12.0 Å². The second-order valence-electron chi connectivity index (χ2n) is 6.78. The smallest absolute Gasteiger partial charge is 0.266 e. The minimum Gasteiger partial charge on any atom is -0.488 e. The molecule has 1 N–H and O–H groups in total. The van der Waals surface area contributed by atoms with Crippen molar-refractivity contribution >= 4 is 29.3 Å². The Balaban J connectivity index is 1.81. The monoisotopic (exact) mass is 434 g/mol. The highest BCUT2D eigenvalue weighted by Gasteiger charge is 2.12. The van der Waals surface area contributed by atoms with Gasteiger partial charge in [0.15, 0.2) is 0 Å². The quantitative estimate of drug-likeness (QED) is 0.357. The van der Waals surface area contributed by atoms with Crippen LogP contribution in [0.25, 0.3) is 6.08 Å². The van der Waals surface area contributed by atoms with Gasteiger partial charge < -0.3 is 10.1 Å². The Hall–Kier alpha value is -3.62. The van der Waals surface area contributed by atoms with E-state index >= 15 is 0 Å². The van der Waals surface area contributed by atoms with Gasteiger partial charge in [0.25, 0.3) is 5.91 Å². The molecule has 3 rings (SSSR count). The maximum absolute atomic E-state index is 13.4. The lowest BCUT2D eigenvalue weighted by Gasteiger charge is -2.11. The second-order valence-corrected chi connectivity index (χ2v) is 7.21. The fourth-order valence-corrected chi connectivity index (χ4v) is 3.06. The van der Waals surface area contributed by atoms with E-state index in [9.17, 15) is 14.4 Å². The van der Waals surface area contributed by atoms with Crippen molar-refractivity contribution in [1.29, 1.82) is 5.26 Å². The number of hydrogen-bond acceptors (Lipinski definition) is 3. The number of nitrogens with one attached hydrogen (secondary N) is 1. The van der Waals surface area contributed by atoms with Gasteiger partial charge in [0.2, 0.25) is 0 Å². The first-order valence-corrected chi connectivity index (χ1v) is 10.0. The van der Waals surface area contributed by atoms with E-state index in [4.69, 9.17) is 16.3 Å². The lowest BCUT2D eigenvalue weighted by atomic mass is 10.1. The number of nitriles is 1. The third-order valence-corrected chi connectivity index (χ3v) is 4.78. The molecule has 0 aliphatic rings. The van der Waals surface area contributed by atoms with Crippen LogP contribution in [0.5, 0.6) is 5.75 Å². The minimum absolute atomic E-state index is 0.0996. The van der Waals surface area contributed by atoms with Crippen LogP contribution >= 0.6 is 11.6 Å². The van der Waals surface area contributed by atoms with Crippen molar-refractivity contribution in [3.63, 3.8) is 0 Å². The SMILES string of the molecule is CCc1ccc(NC(=O)/C(C#N)=C/c2cc(Cl)ccc2OCc2cccc(F)c2)cc1. The topological polar surface area (TPSA) is 62.1 Å². The summed E-state index contributed by atoms with van der Waals surface area (Å²) in [4.78, 5) is 12.6. The highest BCUT2D eigenvalue weighted by atomic mass is 35.5. The Morgan fingerprint density at radius 2 is 1.90 bits per heavy atom. The molecule has 0 aromatic heterocycles. The summed E-state index contributed by atoms with van der Waals surface area (Å²) in [6.07, 6.45) is 2.31. The number of anilines is 1.